The number of Topliss-reactive ketones (excluding diaryl/α,β-unsaturated/α-hetero) is 1. The van der Waals surface area contributed by atoms with E-state index in [0.29, 0.717) is 6.42 Å². The fourth-order valence-corrected chi connectivity index (χ4v) is 1.18. The van der Waals surface area contributed by atoms with Gasteiger partial charge in [-0.2, -0.15) is 0 Å². The molecule has 0 saturated carbocycles. The normalized spacial score (nSPS) is 9.21. The standard InChI is InChI=1S/C10H18O3.K/c1-2-3-4-5-6-7-9(11)8-10(12)13;/h2-8H2,1H3,(H,12,13);/q;+1/p-1. The molecule has 0 fully saturated rings. The summed E-state index contributed by atoms with van der Waals surface area (Å²) in [6.07, 6.45) is 5.29. The van der Waals surface area contributed by atoms with Crippen molar-refractivity contribution in [3.63, 3.8) is 0 Å². The Kier molecular flexibility index (Phi) is 14.5. The zero-order valence-electron chi connectivity index (χ0n) is 9.17. The first kappa shape index (κ1) is 17.2. The van der Waals surface area contributed by atoms with E-state index in [1.807, 2.05) is 0 Å². The SMILES string of the molecule is CCCCCCCC(=O)CC(=O)[O-].[K+]. The van der Waals surface area contributed by atoms with Crippen LogP contribution in [0.4, 0.5) is 0 Å². The van der Waals surface area contributed by atoms with Crippen molar-refractivity contribution in [3.8, 4) is 0 Å². The number of carbonyl (C=O) groups is 2. The maximum atomic E-state index is 10.9. The number of hydrogen-bond acceptors (Lipinski definition) is 3. The summed E-state index contributed by atoms with van der Waals surface area (Å²) in [6.45, 7) is 2.13. The molecule has 0 rings (SSSR count). The quantitative estimate of drug-likeness (QED) is 0.274. The van der Waals surface area contributed by atoms with E-state index in [2.05, 4.69) is 6.92 Å². The molecular formula is C10H17KO3. The van der Waals surface area contributed by atoms with Crippen LogP contribution in [0.2, 0.25) is 0 Å². The Balaban J connectivity index is 0. The maximum absolute atomic E-state index is 10.9. The van der Waals surface area contributed by atoms with E-state index in [1.165, 1.54) is 12.8 Å². The average Bonchev–Trinajstić information content (AvgIpc) is 2.02. The van der Waals surface area contributed by atoms with Crippen LogP contribution in [0.15, 0.2) is 0 Å². The fourth-order valence-electron chi connectivity index (χ4n) is 1.18. The molecule has 0 atom stereocenters. The van der Waals surface area contributed by atoms with Crippen LogP contribution in [0, 0.1) is 0 Å². The summed E-state index contributed by atoms with van der Waals surface area (Å²) in [5.41, 5.74) is 0. The molecule has 0 saturated heterocycles. The number of unbranched alkanes of at least 4 members (excludes halogenated alkanes) is 4. The molecule has 0 radical (unpaired) electrons. The third kappa shape index (κ3) is 12.8. The third-order valence-electron chi connectivity index (χ3n) is 1.90. The van der Waals surface area contributed by atoms with Crippen LogP contribution in [0.25, 0.3) is 0 Å². The minimum Gasteiger partial charge on any atom is -0.550 e. The topological polar surface area (TPSA) is 57.2 Å². The Bertz CT molecular complexity index is 169. The van der Waals surface area contributed by atoms with Gasteiger partial charge in [0.2, 0.25) is 0 Å². The molecule has 76 valence electrons. The molecule has 0 aromatic carbocycles. The summed E-state index contributed by atoms with van der Waals surface area (Å²) in [5, 5.41) is 10.0. The Morgan fingerprint density at radius 1 is 1.07 bits per heavy atom. The molecule has 0 aromatic rings. The van der Waals surface area contributed by atoms with Gasteiger partial charge in [-0.1, -0.05) is 32.6 Å². The molecule has 0 spiro atoms. The molecule has 0 amide bonds. The van der Waals surface area contributed by atoms with Crippen molar-refractivity contribution in [1.29, 1.82) is 0 Å². The maximum Gasteiger partial charge on any atom is 1.00 e. The first-order valence-corrected chi connectivity index (χ1v) is 4.88. The van der Waals surface area contributed by atoms with Gasteiger partial charge in [-0.15, -0.1) is 0 Å². The van der Waals surface area contributed by atoms with Crippen molar-refractivity contribution in [2.24, 2.45) is 0 Å². The Morgan fingerprint density at radius 2 is 1.64 bits per heavy atom. The Labute approximate surface area is 128 Å². The van der Waals surface area contributed by atoms with Crippen LogP contribution >= 0.6 is 0 Å². The molecule has 0 bridgehead atoms. The number of carboxylic acid groups (broad SMARTS) is 1. The van der Waals surface area contributed by atoms with E-state index in [9.17, 15) is 14.7 Å². The van der Waals surface area contributed by atoms with E-state index in [1.54, 1.807) is 0 Å². The van der Waals surface area contributed by atoms with E-state index in [0.717, 1.165) is 19.3 Å². The molecular weight excluding hydrogens is 207 g/mol. The average molecular weight is 224 g/mol. The van der Waals surface area contributed by atoms with Gasteiger partial charge in [-0.25, -0.2) is 0 Å². The molecule has 0 aliphatic carbocycles. The molecule has 14 heavy (non-hydrogen) atoms. The van der Waals surface area contributed by atoms with Crippen molar-refractivity contribution in [3.05, 3.63) is 0 Å². The summed E-state index contributed by atoms with van der Waals surface area (Å²) < 4.78 is 0. The van der Waals surface area contributed by atoms with Gasteiger partial charge < -0.3 is 9.90 Å². The van der Waals surface area contributed by atoms with E-state index >= 15 is 0 Å². The van der Waals surface area contributed by atoms with Gasteiger partial charge in [0.15, 0.2) is 0 Å². The van der Waals surface area contributed by atoms with Gasteiger partial charge in [0.25, 0.3) is 0 Å². The molecule has 4 heteroatoms. The van der Waals surface area contributed by atoms with E-state index < -0.39 is 12.4 Å². The summed E-state index contributed by atoms with van der Waals surface area (Å²) >= 11 is 0. The largest absolute Gasteiger partial charge is 1.00 e. The van der Waals surface area contributed by atoms with Crippen LogP contribution in [0.1, 0.15) is 51.9 Å². The fraction of sp³-hybridized carbons (Fsp3) is 0.800. The first-order chi connectivity index (χ1) is 6.16. The van der Waals surface area contributed by atoms with Crippen LogP contribution < -0.4 is 56.5 Å². The predicted octanol–water partition coefficient (Wildman–Crippen LogP) is -1.94. The summed E-state index contributed by atoms with van der Waals surface area (Å²) in [4.78, 5) is 20.9. The Morgan fingerprint density at radius 3 is 2.14 bits per heavy atom. The van der Waals surface area contributed by atoms with E-state index in [-0.39, 0.29) is 57.2 Å². The van der Waals surface area contributed by atoms with Gasteiger partial charge in [-0.05, 0) is 6.42 Å². The van der Waals surface area contributed by atoms with Crippen molar-refractivity contribution in [1.82, 2.24) is 0 Å². The molecule has 0 heterocycles. The number of rotatable bonds is 8. The molecule has 0 unspecified atom stereocenters. The van der Waals surface area contributed by atoms with Gasteiger partial charge in [-0.3, -0.25) is 4.79 Å². The number of carbonyl (C=O) groups excluding carboxylic acids is 2. The van der Waals surface area contributed by atoms with Crippen LogP contribution in [0.5, 0.6) is 0 Å². The second kappa shape index (κ2) is 11.8. The Hall–Kier alpha value is 0.776. The number of aliphatic carboxylic acids is 1. The third-order valence-corrected chi connectivity index (χ3v) is 1.90. The zero-order valence-corrected chi connectivity index (χ0v) is 12.3. The second-order valence-corrected chi connectivity index (χ2v) is 3.25. The summed E-state index contributed by atoms with van der Waals surface area (Å²) in [6, 6.07) is 0. The van der Waals surface area contributed by atoms with Crippen LogP contribution in [-0.4, -0.2) is 11.8 Å². The monoisotopic (exact) mass is 224 g/mol. The zero-order chi connectivity index (χ0) is 10.1. The summed E-state index contributed by atoms with van der Waals surface area (Å²) in [5.74, 6) is -1.48. The predicted molar refractivity (Wildman–Crippen MR) is 48.0 cm³/mol. The number of hydrogen-bond donors (Lipinski definition) is 0. The van der Waals surface area contributed by atoms with Crippen LogP contribution in [-0.2, 0) is 9.59 Å². The van der Waals surface area contributed by atoms with E-state index in [4.69, 9.17) is 0 Å². The molecule has 0 aliphatic rings. The van der Waals surface area contributed by atoms with Gasteiger partial charge >= 0.3 is 51.4 Å². The second-order valence-electron chi connectivity index (χ2n) is 3.25. The number of ketones is 1. The van der Waals surface area contributed by atoms with Gasteiger partial charge in [0, 0.05) is 18.8 Å². The number of carboxylic acids is 1. The van der Waals surface area contributed by atoms with Crippen LogP contribution in [0.3, 0.4) is 0 Å². The molecule has 3 nitrogen and oxygen atoms in total. The molecule has 0 aromatic heterocycles. The smallest absolute Gasteiger partial charge is 0.550 e. The molecule has 0 aliphatic heterocycles. The van der Waals surface area contributed by atoms with Gasteiger partial charge in [0.1, 0.15) is 5.78 Å². The minimum absolute atomic E-state index is 0. The minimum atomic E-state index is -1.27. The summed E-state index contributed by atoms with van der Waals surface area (Å²) in [7, 11) is 0. The van der Waals surface area contributed by atoms with Crippen molar-refractivity contribution >= 4 is 11.8 Å². The van der Waals surface area contributed by atoms with Crippen molar-refractivity contribution in [2.75, 3.05) is 0 Å². The first-order valence-electron chi connectivity index (χ1n) is 4.88. The van der Waals surface area contributed by atoms with Gasteiger partial charge in [0.05, 0.1) is 0 Å². The molecule has 0 N–H and O–H groups in total. The van der Waals surface area contributed by atoms with Crippen molar-refractivity contribution < 1.29 is 66.1 Å². The van der Waals surface area contributed by atoms with Crippen molar-refractivity contribution in [2.45, 2.75) is 51.9 Å².